The first kappa shape index (κ1) is 25.7. The van der Waals surface area contributed by atoms with Gasteiger partial charge < -0.3 is 10.2 Å². The van der Waals surface area contributed by atoms with Crippen molar-refractivity contribution in [3.05, 3.63) is 71.7 Å². The number of amides is 1. The number of carbonyl (C=O) groups excluding carboxylic acids is 1. The largest absolute Gasteiger partial charge is 0.356 e. The molecule has 0 radical (unpaired) electrons. The Balaban J connectivity index is 1.80. The van der Waals surface area contributed by atoms with Crippen LogP contribution in [0.4, 0.5) is 24.7 Å². The van der Waals surface area contributed by atoms with Crippen molar-refractivity contribution in [3.8, 4) is 11.1 Å². The van der Waals surface area contributed by atoms with Crippen LogP contribution in [-0.4, -0.2) is 40.4 Å². The molecule has 1 aromatic heterocycles. The molecule has 2 N–H and O–H groups in total. The number of benzene rings is 2. The second-order valence-electron chi connectivity index (χ2n) is 9.00. The highest BCUT2D eigenvalue weighted by molar-refractivity contribution is 7.91. The van der Waals surface area contributed by atoms with Gasteiger partial charge in [-0.3, -0.25) is 4.79 Å². The molecule has 2 heterocycles. The molecule has 0 bridgehead atoms. The maximum Gasteiger partial charge on any atom is 0.259 e. The quantitative estimate of drug-likeness (QED) is 0.429. The maximum absolute atomic E-state index is 14.6. The predicted octanol–water partition coefficient (Wildman–Crippen LogP) is 6.11. The van der Waals surface area contributed by atoms with Crippen LogP contribution in [0.1, 0.15) is 35.2 Å². The highest BCUT2D eigenvalue weighted by Gasteiger charge is 2.33. The summed E-state index contributed by atoms with van der Waals surface area (Å²) in [6.07, 6.45) is 2.39. The van der Waals surface area contributed by atoms with E-state index in [4.69, 9.17) is 4.78 Å². The van der Waals surface area contributed by atoms with Gasteiger partial charge in [-0.2, -0.15) is 0 Å². The molecule has 0 spiro atoms. The second-order valence-corrected chi connectivity index (χ2v) is 11.2. The zero-order valence-electron chi connectivity index (χ0n) is 20.0. The zero-order chi connectivity index (χ0) is 26.1. The minimum atomic E-state index is -3.01. The molecule has 1 amide bonds. The van der Waals surface area contributed by atoms with Crippen molar-refractivity contribution in [1.29, 1.82) is 4.78 Å². The van der Waals surface area contributed by atoms with E-state index >= 15 is 0 Å². The van der Waals surface area contributed by atoms with Gasteiger partial charge in [-0.25, -0.2) is 27.1 Å². The van der Waals surface area contributed by atoms with Crippen LogP contribution in [-0.2, 0) is 9.73 Å². The summed E-state index contributed by atoms with van der Waals surface area (Å²) in [6, 6.07) is 12.3. The Labute approximate surface area is 208 Å². The Morgan fingerprint density at radius 2 is 1.86 bits per heavy atom. The van der Waals surface area contributed by atoms with Crippen LogP contribution in [0.25, 0.3) is 11.1 Å². The topological polar surface area (TPSA) is 86.2 Å². The molecule has 6 nitrogen and oxygen atoms in total. The number of rotatable bonds is 5. The van der Waals surface area contributed by atoms with Gasteiger partial charge >= 0.3 is 0 Å². The van der Waals surface area contributed by atoms with E-state index in [2.05, 4.69) is 10.3 Å². The summed E-state index contributed by atoms with van der Waals surface area (Å²) in [5.74, 6) is -3.58. The molecule has 1 unspecified atom stereocenters. The minimum Gasteiger partial charge on any atom is -0.356 e. The number of alkyl halides is 2. The molecular weight excluding hydrogens is 489 g/mol. The number of halogens is 3. The first-order chi connectivity index (χ1) is 17.0. The number of nitrogens with one attached hydrogen (secondary N) is 2. The van der Waals surface area contributed by atoms with Crippen LogP contribution in [0.2, 0.25) is 0 Å². The van der Waals surface area contributed by atoms with Crippen LogP contribution in [0.15, 0.2) is 59.6 Å². The van der Waals surface area contributed by atoms with E-state index in [0.29, 0.717) is 23.4 Å². The highest BCUT2D eigenvalue weighted by atomic mass is 32.2. The molecule has 190 valence electrons. The number of carbonyl (C=O) groups is 1. The lowest BCUT2D eigenvalue weighted by molar-refractivity contribution is -0.0102. The number of hydrogen-bond acceptors (Lipinski definition) is 5. The lowest BCUT2D eigenvalue weighted by Crippen LogP contribution is -2.30. The van der Waals surface area contributed by atoms with Crippen LogP contribution in [0, 0.1) is 17.5 Å². The van der Waals surface area contributed by atoms with Crippen molar-refractivity contribution in [1.82, 2.24) is 4.98 Å². The van der Waals surface area contributed by atoms with Gasteiger partial charge in [-0.1, -0.05) is 24.3 Å². The molecule has 0 aliphatic carbocycles. The molecule has 10 heteroatoms. The summed E-state index contributed by atoms with van der Waals surface area (Å²) in [4.78, 5) is 20.0. The number of nitrogens with zero attached hydrogens (tertiary/aromatic N) is 2. The van der Waals surface area contributed by atoms with Crippen molar-refractivity contribution >= 4 is 27.1 Å². The molecule has 1 aliphatic rings. The third kappa shape index (κ3) is 5.53. The SMILES string of the molecule is Cc1c(-c2ccccc2F)cnc(N2CCCC(F)(F)CC2)c1C(=O)Nc1cccc(S(C)(=N)=O)c1. The monoisotopic (exact) mass is 516 g/mol. The lowest BCUT2D eigenvalue weighted by atomic mass is 9.97. The Hall–Kier alpha value is -3.40. The molecule has 36 heavy (non-hydrogen) atoms. The van der Waals surface area contributed by atoms with Crippen LogP contribution < -0.4 is 10.2 Å². The van der Waals surface area contributed by atoms with E-state index in [1.165, 1.54) is 24.6 Å². The van der Waals surface area contributed by atoms with Crippen molar-refractivity contribution in [2.75, 3.05) is 29.6 Å². The zero-order valence-corrected chi connectivity index (χ0v) is 20.8. The summed E-state index contributed by atoms with van der Waals surface area (Å²) in [6.45, 7) is 1.99. The summed E-state index contributed by atoms with van der Waals surface area (Å²) < 4.78 is 62.7. The fourth-order valence-corrected chi connectivity index (χ4v) is 5.03. The molecule has 0 saturated carbocycles. The van der Waals surface area contributed by atoms with E-state index < -0.39 is 27.4 Å². The van der Waals surface area contributed by atoms with Gasteiger partial charge in [0.2, 0.25) is 5.92 Å². The molecule has 1 atom stereocenters. The number of hydrogen-bond donors (Lipinski definition) is 2. The van der Waals surface area contributed by atoms with Crippen LogP contribution >= 0.6 is 0 Å². The Morgan fingerprint density at radius 3 is 2.58 bits per heavy atom. The molecule has 1 aliphatic heterocycles. The normalized spacial score (nSPS) is 17.2. The predicted molar refractivity (Wildman–Crippen MR) is 135 cm³/mol. The first-order valence-corrected chi connectivity index (χ1v) is 13.5. The third-order valence-electron chi connectivity index (χ3n) is 6.27. The molecule has 1 fully saturated rings. The summed E-state index contributed by atoms with van der Waals surface area (Å²) in [5, 5.41) is 2.76. The van der Waals surface area contributed by atoms with E-state index in [0.717, 1.165) is 0 Å². The van der Waals surface area contributed by atoms with Gasteiger partial charge in [0.1, 0.15) is 11.6 Å². The van der Waals surface area contributed by atoms with Gasteiger partial charge in [-0.05, 0) is 43.2 Å². The Morgan fingerprint density at radius 1 is 1.11 bits per heavy atom. The number of anilines is 2. The van der Waals surface area contributed by atoms with Gasteiger partial charge in [-0.15, -0.1) is 0 Å². The van der Waals surface area contributed by atoms with Crippen molar-refractivity contribution < 1.29 is 22.2 Å². The average Bonchev–Trinajstić information content (AvgIpc) is 2.99. The van der Waals surface area contributed by atoms with Gasteiger partial charge in [0.05, 0.1) is 15.3 Å². The smallest absolute Gasteiger partial charge is 0.259 e. The number of aromatic nitrogens is 1. The average molecular weight is 517 g/mol. The van der Waals surface area contributed by atoms with Crippen LogP contribution in [0.3, 0.4) is 0 Å². The van der Waals surface area contributed by atoms with E-state index in [1.54, 1.807) is 48.2 Å². The maximum atomic E-state index is 14.6. The molecule has 3 aromatic rings. The molecule has 1 saturated heterocycles. The van der Waals surface area contributed by atoms with E-state index in [-0.39, 0.29) is 47.6 Å². The van der Waals surface area contributed by atoms with Gasteiger partial charge in [0.25, 0.3) is 5.91 Å². The van der Waals surface area contributed by atoms with E-state index in [1.807, 2.05) is 0 Å². The Bertz CT molecular complexity index is 1410. The Kier molecular flexibility index (Phi) is 7.08. The molecule has 4 rings (SSSR count). The molecular formula is C26H27F3N4O2S. The first-order valence-electron chi connectivity index (χ1n) is 11.5. The van der Waals surface area contributed by atoms with Crippen molar-refractivity contribution in [2.45, 2.75) is 37.0 Å². The van der Waals surface area contributed by atoms with Gasteiger partial charge in [0.15, 0.2) is 0 Å². The minimum absolute atomic E-state index is 0.0188. The van der Waals surface area contributed by atoms with Crippen LogP contribution in [0.5, 0.6) is 0 Å². The number of pyridine rings is 1. The van der Waals surface area contributed by atoms with E-state index in [9.17, 15) is 22.2 Å². The fourth-order valence-electron chi connectivity index (χ4n) is 4.34. The van der Waals surface area contributed by atoms with Gasteiger partial charge in [0, 0.05) is 60.1 Å². The fraction of sp³-hybridized carbons (Fsp3) is 0.308. The molecule has 2 aromatic carbocycles. The summed E-state index contributed by atoms with van der Waals surface area (Å²) in [5.41, 5.74) is 1.61. The third-order valence-corrected chi connectivity index (χ3v) is 7.42. The second kappa shape index (κ2) is 9.93. The summed E-state index contributed by atoms with van der Waals surface area (Å²) in [7, 11) is -3.01. The van der Waals surface area contributed by atoms with Crippen molar-refractivity contribution in [3.63, 3.8) is 0 Å². The summed E-state index contributed by atoms with van der Waals surface area (Å²) >= 11 is 0. The lowest BCUT2D eigenvalue weighted by Gasteiger charge is -2.26. The standard InChI is InChI=1S/C26H27F3N4O2S/c1-17-21(20-9-3-4-10-22(20)27)16-31-24(33-13-6-11-26(28,29)12-14-33)23(17)25(34)32-18-7-5-8-19(15-18)36(2,30)35/h3-5,7-10,15-16,30H,6,11-14H2,1-2H3,(H,32,34). The van der Waals surface area contributed by atoms with Crippen molar-refractivity contribution in [2.24, 2.45) is 0 Å². The highest BCUT2D eigenvalue weighted by Crippen LogP contribution is 2.35.